The Bertz CT molecular complexity index is 686. The standard InChI is InChI=1S/C17H21FN4O2/c1-2-15-19-16(24-20-15)12-21-8-3-9-22(11-10-21)17(23)13-4-6-14(18)7-5-13/h4-7H,2-3,8-12H2,1H3. The summed E-state index contributed by atoms with van der Waals surface area (Å²) in [7, 11) is 0. The lowest BCUT2D eigenvalue weighted by Gasteiger charge is -2.21. The fourth-order valence-electron chi connectivity index (χ4n) is 2.80. The van der Waals surface area contributed by atoms with Crippen molar-refractivity contribution in [1.82, 2.24) is 19.9 Å². The molecule has 1 aliphatic heterocycles. The Labute approximate surface area is 140 Å². The summed E-state index contributed by atoms with van der Waals surface area (Å²) >= 11 is 0. The number of benzene rings is 1. The van der Waals surface area contributed by atoms with Gasteiger partial charge in [0.1, 0.15) is 5.82 Å². The predicted molar refractivity (Wildman–Crippen MR) is 85.9 cm³/mol. The lowest BCUT2D eigenvalue weighted by molar-refractivity contribution is 0.0760. The summed E-state index contributed by atoms with van der Waals surface area (Å²) in [6.45, 7) is 5.53. The number of aromatic nitrogens is 2. The van der Waals surface area contributed by atoms with Crippen molar-refractivity contribution in [3.05, 3.63) is 47.4 Å². The summed E-state index contributed by atoms with van der Waals surface area (Å²) in [5.41, 5.74) is 0.523. The lowest BCUT2D eigenvalue weighted by atomic mass is 10.2. The lowest BCUT2D eigenvalue weighted by Crippen LogP contribution is -2.35. The van der Waals surface area contributed by atoms with Crippen LogP contribution in [0.1, 0.15) is 35.4 Å². The SMILES string of the molecule is CCc1noc(CN2CCCN(C(=O)c3ccc(F)cc3)CC2)n1. The van der Waals surface area contributed by atoms with Crippen molar-refractivity contribution in [2.75, 3.05) is 26.2 Å². The van der Waals surface area contributed by atoms with E-state index in [9.17, 15) is 9.18 Å². The molecule has 1 saturated heterocycles. The number of carbonyl (C=O) groups is 1. The summed E-state index contributed by atoms with van der Waals surface area (Å²) < 4.78 is 18.2. The number of aryl methyl sites for hydroxylation is 1. The highest BCUT2D eigenvalue weighted by Gasteiger charge is 2.21. The maximum absolute atomic E-state index is 13.0. The molecule has 2 aromatic rings. The molecule has 0 radical (unpaired) electrons. The normalized spacial score (nSPS) is 16.2. The first kappa shape index (κ1) is 16.6. The zero-order valence-electron chi connectivity index (χ0n) is 13.7. The van der Waals surface area contributed by atoms with Crippen molar-refractivity contribution in [2.24, 2.45) is 0 Å². The Morgan fingerprint density at radius 2 is 2.00 bits per heavy atom. The zero-order valence-corrected chi connectivity index (χ0v) is 13.7. The van der Waals surface area contributed by atoms with Gasteiger partial charge in [0.25, 0.3) is 5.91 Å². The van der Waals surface area contributed by atoms with Gasteiger partial charge in [-0.1, -0.05) is 12.1 Å². The molecule has 0 spiro atoms. The van der Waals surface area contributed by atoms with E-state index in [0.717, 1.165) is 25.9 Å². The van der Waals surface area contributed by atoms with E-state index in [4.69, 9.17) is 4.52 Å². The maximum atomic E-state index is 13.0. The average Bonchev–Trinajstić information content (AvgIpc) is 2.92. The van der Waals surface area contributed by atoms with Crippen LogP contribution in [0.2, 0.25) is 0 Å². The van der Waals surface area contributed by atoms with Crippen molar-refractivity contribution in [1.29, 1.82) is 0 Å². The summed E-state index contributed by atoms with van der Waals surface area (Å²) in [6.07, 6.45) is 1.63. The van der Waals surface area contributed by atoms with Gasteiger partial charge in [0.15, 0.2) is 5.82 Å². The third-order valence-electron chi connectivity index (χ3n) is 4.15. The van der Waals surface area contributed by atoms with Crippen molar-refractivity contribution in [3.63, 3.8) is 0 Å². The van der Waals surface area contributed by atoms with Gasteiger partial charge in [-0.05, 0) is 30.7 Å². The van der Waals surface area contributed by atoms with E-state index in [1.54, 1.807) is 0 Å². The number of nitrogens with zero attached hydrogens (tertiary/aromatic N) is 4. The second-order valence-electron chi connectivity index (χ2n) is 5.89. The monoisotopic (exact) mass is 332 g/mol. The predicted octanol–water partition coefficient (Wildman–Crippen LogP) is 2.12. The molecular weight excluding hydrogens is 311 g/mol. The largest absolute Gasteiger partial charge is 0.338 e. The van der Waals surface area contributed by atoms with E-state index in [0.29, 0.717) is 36.9 Å². The van der Waals surface area contributed by atoms with Gasteiger partial charge in [-0.2, -0.15) is 4.98 Å². The fraction of sp³-hybridized carbons (Fsp3) is 0.471. The van der Waals surface area contributed by atoms with Crippen LogP contribution in [0.15, 0.2) is 28.8 Å². The maximum Gasteiger partial charge on any atom is 0.253 e. The molecule has 0 atom stereocenters. The van der Waals surface area contributed by atoms with Gasteiger partial charge in [-0.15, -0.1) is 0 Å². The average molecular weight is 332 g/mol. The van der Waals surface area contributed by atoms with E-state index in [1.807, 2.05) is 11.8 Å². The van der Waals surface area contributed by atoms with Gasteiger partial charge < -0.3 is 9.42 Å². The van der Waals surface area contributed by atoms with Crippen LogP contribution in [0.25, 0.3) is 0 Å². The molecule has 6 nitrogen and oxygen atoms in total. The molecule has 0 bridgehead atoms. The summed E-state index contributed by atoms with van der Waals surface area (Å²) in [5, 5.41) is 3.91. The minimum atomic E-state index is -0.334. The Hall–Kier alpha value is -2.28. The van der Waals surface area contributed by atoms with Crippen LogP contribution in [-0.2, 0) is 13.0 Å². The topological polar surface area (TPSA) is 62.5 Å². The van der Waals surface area contributed by atoms with Crippen LogP contribution in [0, 0.1) is 5.82 Å². The van der Waals surface area contributed by atoms with E-state index >= 15 is 0 Å². The molecule has 0 N–H and O–H groups in total. The van der Waals surface area contributed by atoms with Gasteiger partial charge in [0.2, 0.25) is 5.89 Å². The number of amides is 1. The minimum Gasteiger partial charge on any atom is -0.338 e. The first-order chi connectivity index (χ1) is 11.7. The van der Waals surface area contributed by atoms with Crippen molar-refractivity contribution >= 4 is 5.91 Å². The van der Waals surface area contributed by atoms with E-state index in [-0.39, 0.29) is 11.7 Å². The first-order valence-electron chi connectivity index (χ1n) is 8.24. The molecule has 2 heterocycles. The summed E-state index contributed by atoms with van der Waals surface area (Å²) in [4.78, 5) is 20.9. The zero-order chi connectivity index (χ0) is 16.9. The highest BCUT2D eigenvalue weighted by Crippen LogP contribution is 2.12. The highest BCUT2D eigenvalue weighted by molar-refractivity contribution is 5.94. The van der Waals surface area contributed by atoms with Gasteiger partial charge in [0, 0.05) is 38.2 Å². The smallest absolute Gasteiger partial charge is 0.253 e. The van der Waals surface area contributed by atoms with Gasteiger partial charge in [0.05, 0.1) is 6.54 Å². The molecule has 1 aromatic carbocycles. The molecule has 1 fully saturated rings. The Kier molecular flexibility index (Phi) is 5.20. The summed E-state index contributed by atoms with van der Waals surface area (Å²) in [6, 6.07) is 5.70. The van der Waals surface area contributed by atoms with Crippen molar-refractivity contribution < 1.29 is 13.7 Å². The van der Waals surface area contributed by atoms with Gasteiger partial charge in [-0.3, -0.25) is 9.69 Å². The van der Waals surface area contributed by atoms with Crippen LogP contribution < -0.4 is 0 Å². The third kappa shape index (κ3) is 3.97. The molecule has 1 aliphatic rings. The summed E-state index contributed by atoms with van der Waals surface area (Å²) in [5.74, 6) is 0.945. The van der Waals surface area contributed by atoms with Crippen LogP contribution in [0.4, 0.5) is 4.39 Å². The van der Waals surface area contributed by atoms with Crippen molar-refractivity contribution in [2.45, 2.75) is 26.3 Å². The quantitative estimate of drug-likeness (QED) is 0.858. The van der Waals surface area contributed by atoms with Gasteiger partial charge >= 0.3 is 0 Å². The Morgan fingerprint density at radius 1 is 1.21 bits per heavy atom. The molecule has 128 valence electrons. The minimum absolute atomic E-state index is 0.0529. The first-order valence-corrected chi connectivity index (χ1v) is 8.24. The molecule has 0 aliphatic carbocycles. The van der Waals surface area contributed by atoms with Crippen LogP contribution in [-0.4, -0.2) is 52.0 Å². The van der Waals surface area contributed by atoms with Gasteiger partial charge in [-0.25, -0.2) is 4.39 Å². The highest BCUT2D eigenvalue weighted by atomic mass is 19.1. The fourth-order valence-corrected chi connectivity index (χ4v) is 2.80. The molecule has 3 rings (SSSR count). The number of carbonyl (C=O) groups excluding carboxylic acids is 1. The number of rotatable bonds is 4. The molecule has 7 heteroatoms. The second-order valence-corrected chi connectivity index (χ2v) is 5.89. The number of hydrogen-bond donors (Lipinski definition) is 0. The Morgan fingerprint density at radius 3 is 2.71 bits per heavy atom. The molecule has 0 unspecified atom stereocenters. The van der Waals surface area contributed by atoms with E-state index < -0.39 is 0 Å². The molecule has 24 heavy (non-hydrogen) atoms. The number of hydrogen-bond acceptors (Lipinski definition) is 5. The van der Waals surface area contributed by atoms with Crippen LogP contribution >= 0.6 is 0 Å². The third-order valence-corrected chi connectivity index (χ3v) is 4.15. The van der Waals surface area contributed by atoms with Crippen LogP contribution in [0.5, 0.6) is 0 Å². The van der Waals surface area contributed by atoms with Crippen LogP contribution in [0.3, 0.4) is 0 Å². The van der Waals surface area contributed by atoms with Crippen molar-refractivity contribution in [3.8, 4) is 0 Å². The van der Waals surface area contributed by atoms with E-state index in [2.05, 4.69) is 15.0 Å². The molecule has 0 saturated carbocycles. The van der Waals surface area contributed by atoms with E-state index in [1.165, 1.54) is 24.3 Å². The molecule has 1 aromatic heterocycles. The Balaban J connectivity index is 1.58. The molecule has 1 amide bonds. The second kappa shape index (κ2) is 7.53. The number of halogens is 1. The molecular formula is C17H21FN4O2.